The van der Waals surface area contributed by atoms with Crippen LogP contribution in [0, 0.1) is 10.1 Å². The van der Waals surface area contributed by atoms with Crippen molar-refractivity contribution >= 4 is 50.2 Å². The van der Waals surface area contributed by atoms with Crippen LogP contribution in [0.3, 0.4) is 0 Å². The molecule has 0 saturated heterocycles. The van der Waals surface area contributed by atoms with Gasteiger partial charge in [0.15, 0.2) is 0 Å². The van der Waals surface area contributed by atoms with Gasteiger partial charge in [0.05, 0.1) is 4.92 Å². The second kappa shape index (κ2) is 5.69. The summed E-state index contributed by atoms with van der Waals surface area (Å²) in [6, 6.07) is 6.43. The number of benzene rings is 1. The van der Waals surface area contributed by atoms with E-state index in [-0.39, 0.29) is 5.69 Å². The highest BCUT2D eigenvalue weighted by Crippen LogP contribution is 2.29. The largest absolute Gasteiger partial charge is 0.375 e. The van der Waals surface area contributed by atoms with Crippen LogP contribution in [0.5, 0.6) is 0 Å². The number of nitro benzene ring substituents is 1. The summed E-state index contributed by atoms with van der Waals surface area (Å²) in [6.07, 6.45) is 0. The number of nitro groups is 1. The second-order valence-corrected chi connectivity index (χ2v) is 5.85. The molecular formula is C11H8BrClN2O2S. The van der Waals surface area contributed by atoms with Crippen molar-refractivity contribution in [3.8, 4) is 0 Å². The summed E-state index contributed by atoms with van der Waals surface area (Å²) >= 11 is 10.8. The van der Waals surface area contributed by atoms with Crippen molar-refractivity contribution in [1.82, 2.24) is 0 Å². The first-order chi connectivity index (χ1) is 8.56. The molecule has 0 bridgehead atoms. The number of nitrogens with one attached hydrogen (secondary N) is 1. The lowest BCUT2D eigenvalue weighted by molar-refractivity contribution is -0.384. The van der Waals surface area contributed by atoms with Crippen molar-refractivity contribution in [2.24, 2.45) is 0 Å². The smallest absolute Gasteiger partial charge is 0.292 e. The fourth-order valence-corrected chi connectivity index (χ4v) is 3.00. The first-order valence-electron chi connectivity index (χ1n) is 4.97. The van der Waals surface area contributed by atoms with Crippen LogP contribution < -0.4 is 5.32 Å². The van der Waals surface area contributed by atoms with E-state index in [0.717, 1.165) is 9.35 Å². The lowest BCUT2D eigenvalue weighted by atomic mass is 10.2. The molecule has 2 rings (SSSR count). The zero-order valence-electron chi connectivity index (χ0n) is 9.02. The van der Waals surface area contributed by atoms with E-state index in [2.05, 4.69) is 21.2 Å². The van der Waals surface area contributed by atoms with Gasteiger partial charge in [0.25, 0.3) is 5.69 Å². The quantitative estimate of drug-likeness (QED) is 0.645. The highest BCUT2D eigenvalue weighted by atomic mass is 79.9. The molecule has 94 valence electrons. The van der Waals surface area contributed by atoms with Crippen LogP contribution >= 0.6 is 38.9 Å². The normalized spacial score (nSPS) is 10.3. The maximum atomic E-state index is 10.9. The van der Waals surface area contributed by atoms with E-state index >= 15 is 0 Å². The minimum absolute atomic E-state index is 0.0232. The number of nitrogens with zero attached hydrogens (tertiary/aromatic N) is 1. The van der Waals surface area contributed by atoms with Gasteiger partial charge >= 0.3 is 0 Å². The third-order valence-corrected chi connectivity index (χ3v) is 4.16. The van der Waals surface area contributed by atoms with Crippen LogP contribution in [-0.4, -0.2) is 4.92 Å². The minimum Gasteiger partial charge on any atom is -0.375 e. The van der Waals surface area contributed by atoms with E-state index in [4.69, 9.17) is 11.6 Å². The Morgan fingerprint density at radius 1 is 1.44 bits per heavy atom. The Labute approximate surface area is 121 Å². The predicted octanol–water partition coefficient (Wildman–Crippen LogP) is 4.68. The van der Waals surface area contributed by atoms with Crippen LogP contribution in [-0.2, 0) is 6.54 Å². The van der Waals surface area contributed by atoms with Crippen molar-refractivity contribution in [1.29, 1.82) is 0 Å². The Hall–Kier alpha value is -1.11. The summed E-state index contributed by atoms with van der Waals surface area (Å²) in [5.41, 5.74) is 0.451. The molecule has 0 aliphatic carbocycles. The first kappa shape index (κ1) is 13.3. The Bertz CT molecular complexity index is 588. The number of halogens is 2. The number of anilines is 1. The summed E-state index contributed by atoms with van der Waals surface area (Å²) in [5, 5.41) is 16.3. The van der Waals surface area contributed by atoms with Crippen molar-refractivity contribution in [3.05, 3.63) is 54.1 Å². The molecule has 0 spiro atoms. The Morgan fingerprint density at radius 3 is 2.83 bits per heavy atom. The fraction of sp³-hybridized carbons (Fsp3) is 0.0909. The van der Waals surface area contributed by atoms with Gasteiger partial charge in [-0.05, 0) is 34.1 Å². The van der Waals surface area contributed by atoms with Crippen LogP contribution in [0.4, 0.5) is 11.4 Å². The molecule has 0 radical (unpaired) electrons. The highest BCUT2D eigenvalue weighted by Gasteiger charge is 2.13. The van der Waals surface area contributed by atoms with Crippen LogP contribution in [0.25, 0.3) is 0 Å². The maximum absolute atomic E-state index is 10.9. The standard InChI is InChI=1S/C11H8BrClN2O2S/c12-7-3-9(18-6-7)5-14-10-4-8(13)1-2-11(10)15(16)17/h1-4,6,14H,5H2. The van der Waals surface area contributed by atoms with Gasteiger partial charge in [0, 0.05) is 32.4 Å². The molecule has 0 unspecified atom stereocenters. The van der Waals surface area contributed by atoms with Gasteiger partial charge in [-0.3, -0.25) is 10.1 Å². The molecule has 0 aliphatic rings. The zero-order chi connectivity index (χ0) is 13.1. The maximum Gasteiger partial charge on any atom is 0.292 e. The lowest BCUT2D eigenvalue weighted by Crippen LogP contribution is -2.01. The highest BCUT2D eigenvalue weighted by molar-refractivity contribution is 9.10. The lowest BCUT2D eigenvalue weighted by Gasteiger charge is -2.06. The summed E-state index contributed by atoms with van der Waals surface area (Å²) in [7, 11) is 0. The Kier molecular flexibility index (Phi) is 4.21. The van der Waals surface area contributed by atoms with E-state index in [1.165, 1.54) is 12.1 Å². The molecule has 1 N–H and O–H groups in total. The van der Waals surface area contributed by atoms with Gasteiger partial charge in [0.1, 0.15) is 5.69 Å². The molecule has 7 heteroatoms. The van der Waals surface area contributed by atoms with Crippen LogP contribution in [0.1, 0.15) is 4.88 Å². The summed E-state index contributed by atoms with van der Waals surface area (Å²) < 4.78 is 1.00. The molecule has 0 amide bonds. The molecule has 0 aliphatic heterocycles. The van der Waals surface area contributed by atoms with E-state index in [1.54, 1.807) is 17.4 Å². The number of hydrogen-bond acceptors (Lipinski definition) is 4. The van der Waals surface area contributed by atoms with Crippen LogP contribution in [0.15, 0.2) is 34.1 Å². The molecule has 1 aromatic carbocycles. The van der Waals surface area contributed by atoms with Crippen molar-refractivity contribution in [2.45, 2.75) is 6.54 Å². The van der Waals surface area contributed by atoms with Gasteiger partial charge < -0.3 is 5.32 Å². The van der Waals surface area contributed by atoms with Crippen molar-refractivity contribution in [3.63, 3.8) is 0 Å². The predicted molar refractivity (Wildman–Crippen MR) is 77.5 cm³/mol. The second-order valence-electron chi connectivity index (χ2n) is 3.50. The fourth-order valence-electron chi connectivity index (χ4n) is 1.44. The van der Waals surface area contributed by atoms with Gasteiger partial charge in [-0.1, -0.05) is 11.6 Å². The molecule has 1 heterocycles. The van der Waals surface area contributed by atoms with E-state index in [9.17, 15) is 10.1 Å². The molecule has 1 aromatic heterocycles. The van der Waals surface area contributed by atoms with Gasteiger partial charge in [0.2, 0.25) is 0 Å². The van der Waals surface area contributed by atoms with E-state index in [1.807, 2.05) is 11.4 Å². The molecule has 4 nitrogen and oxygen atoms in total. The minimum atomic E-state index is -0.428. The average molecular weight is 348 g/mol. The topological polar surface area (TPSA) is 55.2 Å². The SMILES string of the molecule is O=[N+]([O-])c1ccc(Cl)cc1NCc1cc(Br)cs1. The molecule has 0 saturated carbocycles. The summed E-state index contributed by atoms with van der Waals surface area (Å²) in [5.74, 6) is 0. The average Bonchev–Trinajstić information content (AvgIpc) is 2.72. The zero-order valence-corrected chi connectivity index (χ0v) is 12.2. The van der Waals surface area contributed by atoms with Crippen molar-refractivity contribution in [2.75, 3.05) is 5.32 Å². The summed E-state index contributed by atoms with van der Waals surface area (Å²) in [4.78, 5) is 11.5. The monoisotopic (exact) mass is 346 g/mol. The molecular weight excluding hydrogens is 340 g/mol. The molecule has 0 fully saturated rings. The van der Waals surface area contributed by atoms with E-state index in [0.29, 0.717) is 17.3 Å². The Morgan fingerprint density at radius 2 is 2.22 bits per heavy atom. The Balaban J connectivity index is 2.17. The van der Waals surface area contributed by atoms with Crippen molar-refractivity contribution < 1.29 is 4.92 Å². The first-order valence-corrected chi connectivity index (χ1v) is 7.02. The van der Waals surface area contributed by atoms with Gasteiger partial charge in [-0.2, -0.15) is 0 Å². The summed E-state index contributed by atoms with van der Waals surface area (Å²) in [6.45, 7) is 0.525. The number of rotatable bonds is 4. The number of thiophene rings is 1. The third kappa shape index (κ3) is 3.22. The van der Waals surface area contributed by atoms with Gasteiger partial charge in [-0.25, -0.2) is 0 Å². The van der Waals surface area contributed by atoms with E-state index < -0.39 is 4.92 Å². The molecule has 2 aromatic rings. The molecule has 18 heavy (non-hydrogen) atoms. The third-order valence-electron chi connectivity index (χ3n) is 2.23. The van der Waals surface area contributed by atoms with Gasteiger partial charge in [-0.15, -0.1) is 11.3 Å². The number of hydrogen-bond donors (Lipinski definition) is 1. The van der Waals surface area contributed by atoms with Crippen LogP contribution in [0.2, 0.25) is 5.02 Å². The molecule has 0 atom stereocenters.